The first-order valence-electron chi connectivity index (χ1n) is 15.6. The molecule has 0 amide bonds. The second-order valence-electron chi connectivity index (χ2n) is 12.4. The number of rotatable bonds is 7. The Hall–Kier alpha value is -3.47. The molecule has 274 valence electrons. The lowest BCUT2D eigenvalue weighted by Crippen LogP contribution is -2.62. The monoisotopic (exact) mass is 710 g/mol. The maximum atomic E-state index is 13.6. The van der Waals surface area contributed by atoms with Gasteiger partial charge >= 0.3 is 0 Å². The Morgan fingerprint density at radius 2 is 1.48 bits per heavy atom. The maximum Gasteiger partial charge on any atom is 0.228 e. The number of aromatic hydroxyl groups is 2. The molecule has 3 aromatic rings. The van der Waals surface area contributed by atoms with Crippen LogP contribution in [-0.2, 0) is 18.9 Å². The number of ether oxygens (including phenoxy) is 5. The van der Waals surface area contributed by atoms with Crippen LogP contribution in [0.1, 0.15) is 18.6 Å². The Balaban J connectivity index is 1.51. The highest BCUT2D eigenvalue weighted by Gasteiger charge is 2.52. The van der Waals surface area contributed by atoms with Crippen LogP contribution >= 0.6 is 0 Å². The molecular weight excluding hydrogens is 672 g/mol. The fraction of sp³-hybridized carbons (Fsp3) is 0.531. The summed E-state index contributed by atoms with van der Waals surface area (Å²) in [5.74, 6) is -1.39. The van der Waals surface area contributed by atoms with Crippen LogP contribution in [0.25, 0.3) is 22.3 Å². The molecule has 0 aliphatic carbocycles. The molecule has 3 aliphatic rings. The summed E-state index contributed by atoms with van der Waals surface area (Å²) in [5.41, 5.74) is -1.20. The van der Waals surface area contributed by atoms with Crippen molar-refractivity contribution in [2.45, 2.75) is 92.8 Å². The molecule has 2 aromatic carbocycles. The van der Waals surface area contributed by atoms with Gasteiger partial charge in [0, 0.05) is 17.7 Å². The van der Waals surface area contributed by atoms with Gasteiger partial charge in [-0.2, -0.15) is 0 Å². The molecule has 3 saturated heterocycles. The molecule has 3 fully saturated rings. The number of aliphatic hydroxyl groups is 9. The van der Waals surface area contributed by atoms with Gasteiger partial charge < -0.3 is 84.3 Å². The molecule has 0 bridgehead atoms. The van der Waals surface area contributed by atoms with E-state index in [1.807, 2.05) is 0 Å². The second-order valence-corrected chi connectivity index (χ2v) is 12.4. The molecule has 18 heteroatoms. The van der Waals surface area contributed by atoms with Crippen molar-refractivity contribution >= 4 is 11.0 Å². The van der Waals surface area contributed by atoms with Crippen LogP contribution in [0.5, 0.6) is 17.2 Å². The first-order chi connectivity index (χ1) is 23.7. The standard InChI is InChI=1S/C32H38O18/c1-10-21(37)25(41)28(44)32(46-10)50-30-26(42)23(39)18(8-33)48-29(30)20-17(49-31-27(43)22(38)14(36)9-45-31)7-16-19(24(20)40)13(35)6-15(47-16)11-2-4-12(34)5-3-11/h2-7,10,14,18,21-23,25-34,36-44H,8-9H2,1H3/t10-,14-,18+,21+,22-,23-,25+,26+,27-,28-,29+,30-,31-,32+/m1/s1. The van der Waals surface area contributed by atoms with Gasteiger partial charge in [0.1, 0.15) is 101 Å². The Bertz CT molecular complexity index is 1710. The van der Waals surface area contributed by atoms with E-state index >= 15 is 0 Å². The predicted molar refractivity (Wildman–Crippen MR) is 164 cm³/mol. The summed E-state index contributed by atoms with van der Waals surface area (Å²) in [6.45, 7) is -0.000866. The van der Waals surface area contributed by atoms with E-state index in [0.29, 0.717) is 5.56 Å². The van der Waals surface area contributed by atoms with E-state index < -0.39 is 127 Å². The molecule has 0 spiro atoms. The highest BCUT2D eigenvalue weighted by atomic mass is 16.7. The van der Waals surface area contributed by atoms with E-state index in [0.717, 1.165) is 12.1 Å². The molecular formula is C32H38O18. The van der Waals surface area contributed by atoms with Crippen LogP contribution < -0.4 is 10.2 Å². The van der Waals surface area contributed by atoms with Gasteiger partial charge in [-0.05, 0) is 31.2 Å². The third-order valence-corrected chi connectivity index (χ3v) is 9.09. The van der Waals surface area contributed by atoms with Crippen LogP contribution in [0.2, 0.25) is 0 Å². The Kier molecular flexibility index (Phi) is 10.4. The van der Waals surface area contributed by atoms with E-state index in [-0.39, 0.29) is 17.1 Å². The Morgan fingerprint density at radius 3 is 2.16 bits per heavy atom. The quantitative estimate of drug-likeness (QED) is 0.117. The molecule has 0 unspecified atom stereocenters. The van der Waals surface area contributed by atoms with E-state index in [1.165, 1.54) is 31.2 Å². The SMILES string of the molecule is C[C@H]1O[C@@H](O[C@@H]2[C@@H](O)[C@H](O)[C@H](CO)O[C@H]2c2c(O[C@H]3OC[C@@H](O)[C@@H](O)[C@H]3O)cc3oc(-c4ccc(O)cc4)cc(=O)c3c2O)[C@H](O)[C@@H](O)[C@H]1O. The fourth-order valence-corrected chi connectivity index (χ4v) is 6.20. The number of phenolic OH excluding ortho intramolecular Hbond substituents is 2. The number of benzene rings is 2. The fourth-order valence-electron chi connectivity index (χ4n) is 6.20. The minimum Gasteiger partial charge on any atom is -0.508 e. The van der Waals surface area contributed by atoms with Crippen molar-refractivity contribution in [1.82, 2.24) is 0 Å². The zero-order chi connectivity index (χ0) is 36.2. The highest BCUT2D eigenvalue weighted by molar-refractivity contribution is 5.88. The zero-order valence-corrected chi connectivity index (χ0v) is 26.2. The summed E-state index contributed by atoms with van der Waals surface area (Å²) in [6, 6.07) is 7.77. The summed E-state index contributed by atoms with van der Waals surface area (Å²) in [6.07, 6.45) is -23.8. The van der Waals surface area contributed by atoms with Gasteiger partial charge in [-0.15, -0.1) is 0 Å². The average molecular weight is 711 g/mol. The molecule has 0 saturated carbocycles. The minimum atomic E-state index is -1.97. The normalized spacial score (nSPS) is 37.9. The largest absolute Gasteiger partial charge is 0.508 e. The topological polar surface area (TPSA) is 299 Å². The third-order valence-electron chi connectivity index (χ3n) is 9.09. The van der Waals surface area contributed by atoms with Crippen molar-refractivity contribution in [3.05, 3.63) is 52.2 Å². The number of fused-ring (bicyclic) bond motifs is 1. The summed E-state index contributed by atoms with van der Waals surface area (Å²) in [5, 5.41) is 115. The van der Waals surface area contributed by atoms with Crippen LogP contribution in [0.3, 0.4) is 0 Å². The van der Waals surface area contributed by atoms with Crippen molar-refractivity contribution in [3.8, 4) is 28.6 Å². The second kappa shape index (κ2) is 14.3. The molecule has 4 heterocycles. The number of aliphatic hydroxyl groups excluding tert-OH is 9. The lowest BCUT2D eigenvalue weighted by molar-refractivity contribution is -0.338. The van der Waals surface area contributed by atoms with E-state index in [2.05, 4.69) is 0 Å². The number of phenols is 2. The maximum absolute atomic E-state index is 13.6. The van der Waals surface area contributed by atoms with Crippen LogP contribution in [0.4, 0.5) is 0 Å². The van der Waals surface area contributed by atoms with Crippen molar-refractivity contribution in [2.75, 3.05) is 13.2 Å². The average Bonchev–Trinajstić information content (AvgIpc) is 3.09. The van der Waals surface area contributed by atoms with E-state index in [1.54, 1.807) is 0 Å². The van der Waals surface area contributed by atoms with Crippen LogP contribution in [-0.4, -0.2) is 149 Å². The molecule has 1 aromatic heterocycles. The molecule has 11 N–H and O–H groups in total. The predicted octanol–water partition coefficient (Wildman–Crippen LogP) is -2.94. The van der Waals surface area contributed by atoms with E-state index in [9.17, 15) is 61.0 Å². The highest BCUT2D eigenvalue weighted by Crippen LogP contribution is 2.47. The van der Waals surface area contributed by atoms with Crippen molar-refractivity contribution in [2.24, 2.45) is 0 Å². The van der Waals surface area contributed by atoms with Gasteiger partial charge in [-0.25, -0.2) is 0 Å². The van der Waals surface area contributed by atoms with Crippen LogP contribution in [0.15, 0.2) is 45.6 Å². The first-order valence-corrected chi connectivity index (χ1v) is 15.6. The van der Waals surface area contributed by atoms with Crippen molar-refractivity contribution in [3.63, 3.8) is 0 Å². The molecule has 0 radical (unpaired) electrons. The van der Waals surface area contributed by atoms with Gasteiger partial charge in [-0.3, -0.25) is 4.79 Å². The van der Waals surface area contributed by atoms with Gasteiger partial charge in [0.25, 0.3) is 0 Å². The molecule has 6 rings (SSSR count). The summed E-state index contributed by atoms with van der Waals surface area (Å²) < 4.78 is 34.5. The lowest BCUT2D eigenvalue weighted by Gasteiger charge is -2.46. The zero-order valence-electron chi connectivity index (χ0n) is 26.2. The van der Waals surface area contributed by atoms with Gasteiger partial charge in [-0.1, -0.05) is 0 Å². The van der Waals surface area contributed by atoms with Crippen molar-refractivity contribution in [1.29, 1.82) is 0 Å². The molecule has 3 aliphatic heterocycles. The molecule has 18 nitrogen and oxygen atoms in total. The van der Waals surface area contributed by atoms with Gasteiger partial charge in [0.15, 0.2) is 11.7 Å². The Labute approximate surface area is 282 Å². The van der Waals surface area contributed by atoms with Crippen molar-refractivity contribution < 1.29 is 84.3 Å². The number of hydrogen-bond acceptors (Lipinski definition) is 18. The van der Waals surface area contributed by atoms with E-state index in [4.69, 9.17) is 28.1 Å². The van der Waals surface area contributed by atoms with Gasteiger partial charge in [0.2, 0.25) is 6.29 Å². The number of hydrogen-bond donors (Lipinski definition) is 11. The minimum absolute atomic E-state index is 0.000380. The first kappa shape index (κ1) is 36.3. The molecule has 50 heavy (non-hydrogen) atoms. The third kappa shape index (κ3) is 6.55. The summed E-state index contributed by atoms with van der Waals surface area (Å²) in [7, 11) is 0. The Morgan fingerprint density at radius 1 is 0.800 bits per heavy atom. The van der Waals surface area contributed by atoms with Crippen LogP contribution in [0, 0.1) is 0 Å². The molecule has 14 atom stereocenters. The van der Waals surface area contributed by atoms with Gasteiger partial charge in [0.05, 0.1) is 24.9 Å². The summed E-state index contributed by atoms with van der Waals surface area (Å²) in [4.78, 5) is 13.6. The summed E-state index contributed by atoms with van der Waals surface area (Å²) >= 11 is 0. The smallest absolute Gasteiger partial charge is 0.228 e. The lowest BCUT2D eigenvalue weighted by atomic mass is 9.89.